The molecular formula is C15H30N2O2. The van der Waals surface area contributed by atoms with Gasteiger partial charge in [-0.05, 0) is 13.0 Å². The van der Waals surface area contributed by atoms with E-state index in [1.807, 2.05) is 0 Å². The van der Waals surface area contributed by atoms with E-state index in [2.05, 4.69) is 11.8 Å². The number of carbonyl (C=O) groups excluding carboxylic acids is 1. The molecule has 19 heavy (non-hydrogen) atoms. The summed E-state index contributed by atoms with van der Waals surface area (Å²) in [5.41, 5.74) is 0. The average Bonchev–Trinajstić information content (AvgIpc) is 2.46. The second kappa shape index (κ2) is 10.1. The molecule has 112 valence electrons. The molecule has 0 radical (unpaired) electrons. The molecule has 1 aliphatic heterocycles. The van der Waals surface area contributed by atoms with Gasteiger partial charge in [0, 0.05) is 26.2 Å². The maximum atomic E-state index is 11.3. The van der Waals surface area contributed by atoms with E-state index in [0.717, 1.165) is 26.2 Å². The molecule has 1 aliphatic rings. The zero-order valence-electron chi connectivity index (χ0n) is 12.7. The van der Waals surface area contributed by atoms with Crippen molar-refractivity contribution in [2.75, 3.05) is 39.8 Å². The molecule has 4 nitrogen and oxygen atoms in total. The van der Waals surface area contributed by atoms with Gasteiger partial charge in [-0.1, -0.05) is 45.4 Å². The minimum Gasteiger partial charge on any atom is -0.453 e. The summed E-state index contributed by atoms with van der Waals surface area (Å²) in [6, 6.07) is 0. The number of carbonyl (C=O) groups is 1. The largest absolute Gasteiger partial charge is 0.453 e. The summed E-state index contributed by atoms with van der Waals surface area (Å²) >= 11 is 0. The van der Waals surface area contributed by atoms with E-state index in [1.54, 1.807) is 4.90 Å². The fourth-order valence-corrected chi connectivity index (χ4v) is 2.58. The third-order valence-corrected chi connectivity index (χ3v) is 3.88. The van der Waals surface area contributed by atoms with Gasteiger partial charge in [-0.3, -0.25) is 4.90 Å². The minimum atomic E-state index is -0.185. The van der Waals surface area contributed by atoms with Crippen LogP contribution < -0.4 is 0 Å². The van der Waals surface area contributed by atoms with E-state index in [0.29, 0.717) is 0 Å². The number of nitrogens with zero attached hydrogens (tertiary/aromatic N) is 2. The maximum Gasteiger partial charge on any atom is 0.409 e. The molecule has 0 atom stereocenters. The quantitative estimate of drug-likeness (QED) is 0.635. The number of ether oxygens (including phenoxy) is 1. The first-order valence-corrected chi connectivity index (χ1v) is 7.83. The Kier molecular flexibility index (Phi) is 8.63. The van der Waals surface area contributed by atoms with Gasteiger partial charge in [-0.25, -0.2) is 4.79 Å². The number of hydrogen-bond acceptors (Lipinski definition) is 3. The van der Waals surface area contributed by atoms with Crippen molar-refractivity contribution in [2.24, 2.45) is 0 Å². The Morgan fingerprint density at radius 1 is 0.947 bits per heavy atom. The standard InChI is InChI=1S/C15H30N2O2/c1-3-4-5-6-7-8-9-10-16-11-13-17(14-12-16)15(18)19-2/h3-14H2,1-2H3. The molecule has 1 fully saturated rings. The number of rotatable bonds is 8. The van der Waals surface area contributed by atoms with Crippen molar-refractivity contribution in [1.82, 2.24) is 9.80 Å². The number of methoxy groups -OCH3 is 1. The number of unbranched alkanes of at least 4 members (excludes halogenated alkanes) is 6. The second-order valence-corrected chi connectivity index (χ2v) is 5.42. The molecule has 1 amide bonds. The summed E-state index contributed by atoms with van der Waals surface area (Å²) in [7, 11) is 1.45. The molecule has 1 heterocycles. The van der Waals surface area contributed by atoms with Crippen molar-refractivity contribution in [2.45, 2.75) is 51.9 Å². The monoisotopic (exact) mass is 270 g/mol. The van der Waals surface area contributed by atoms with Crippen LogP contribution in [-0.4, -0.2) is 55.7 Å². The van der Waals surface area contributed by atoms with E-state index >= 15 is 0 Å². The third-order valence-electron chi connectivity index (χ3n) is 3.88. The Balaban J connectivity index is 1.96. The zero-order valence-corrected chi connectivity index (χ0v) is 12.7. The van der Waals surface area contributed by atoms with Gasteiger partial charge in [0.25, 0.3) is 0 Å². The lowest BCUT2D eigenvalue weighted by molar-refractivity contribution is 0.0905. The van der Waals surface area contributed by atoms with Gasteiger partial charge < -0.3 is 9.64 Å². The maximum absolute atomic E-state index is 11.3. The van der Waals surface area contributed by atoms with Gasteiger partial charge in [0.1, 0.15) is 0 Å². The average molecular weight is 270 g/mol. The van der Waals surface area contributed by atoms with Gasteiger partial charge in [-0.15, -0.1) is 0 Å². The van der Waals surface area contributed by atoms with Crippen LogP contribution in [0.3, 0.4) is 0 Å². The molecule has 0 aliphatic carbocycles. The summed E-state index contributed by atoms with van der Waals surface area (Å²) in [4.78, 5) is 15.6. The Morgan fingerprint density at radius 3 is 2.11 bits per heavy atom. The lowest BCUT2D eigenvalue weighted by atomic mass is 10.1. The zero-order chi connectivity index (χ0) is 13.9. The predicted molar refractivity (Wildman–Crippen MR) is 78.4 cm³/mol. The molecule has 0 N–H and O–H groups in total. The first kappa shape index (κ1) is 16.3. The molecule has 0 aromatic carbocycles. The Morgan fingerprint density at radius 2 is 1.53 bits per heavy atom. The molecule has 4 heteroatoms. The molecule has 0 aromatic rings. The van der Waals surface area contributed by atoms with Gasteiger partial charge >= 0.3 is 6.09 Å². The van der Waals surface area contributed by atoms with Crippen LogP contribution in [-0.2, 0) is 4.74 Å². The van der Waals surface area contributed by atoms with Crippen LogP contribution >= 0.6 is 0 Å². The SMILES string of the molecule is CCCCCCCCCN1CCN(C(=O)OC)CC1. The third kappa shape index (κ3) is 6.81. The smallest absolute Gasteiger partial charge is 0.409 e. The summed E-state index contributed by atoms with van der Waals surface area (Å²) < 4.78 is 4.74. The van der Waals surface area contributed by atoms with Crippen molar-refractivity contribution in [3.8, 4) is 0 Å². The Bertz CT molecular complexity index is 238. The predicted octanol–water partition coefficient (Wildman–Crippen LogP) is 3.12. The summed E-state index contributed by atoms with van der Waals surface area (Å²) in [5.74, 6) is 0. The molecule has 1 rings (SSSR count). The lowest BCUT2D eigenvalue weighted by Crippen LogP contribution is -2.48. The fourth-order valence-electron chi connectivity index (χ4n) is 2.58. The molecule has 1 saturated heterocycles. The molecule has 0 saturated carbocycles. The van der Waals surface area contributed by atoms with E-state index < -0.39 is 0 Å². The first-order valence-electron chi connectivity index (χ1n) is 7.83. The van der Waals surface area contributed by atoms with Gasteiger partial charge in [0.05, 0.1) is 7.11 Å². The molecule has 0 aromatic heterocycles. The first-order chi connectivity index (χ1) is 9.27. The number of piperazine rings is 1. The number of hydrogen-bond donors (Lipinski definition) is 0. The van der Waals surface area contributed by atoms with Crippen LogP contribution in [0.2, 0.25) is 0 Å². The van der Waals surface area contributed by atoms with E-state index in [-0.39, 0.29) is 6.09 Å². The van der Waals surface area contributed by atoms with Gasteiger partial charge in [0.15, 0.2) is 0 Å². The summed E-state index contributed by atoms with van der Waals surface area (Å²) in [5, 5.41) is 0. The highest BCUT2D eigenvalue weighted by molar-refractivity contribution is 5.67. The minimum absolute atomic E-state index is 0.185. The highest BCUT2D eigenvalue weighted by Crippen LogP contribution is 2.09. The van der Waals surface area contributed by atoms with Crippen molar-refractivity contribution < 1.29 is 9.53 Å². The van der Waals surface area contributed by atoms with Crippen LogP contribution in [0.15, 0.2) is 0 Å². The van der Waals surface area contributed by atoms with Gasteiger partial charge in [0.2, 0.25) is 0 Å². The molecule has 0 unspecified atom stereocenters. The van der Waals surface area contributed by atoms with Crippen molar-refractivity contribution in [1.29, 1.82) is 0 Å². The van der Waals surface area contributed by atoms with Crippen molar-refractivity contribution in [3.63, 3.8) is 0 Å². The normalized spacial score (nSPS) is 16.6. The van der Waals surface area contributed by atoms with Crippen LogP contribution in [0, 0.1) is 0 Å². The van der Waals surface area contributed by atoms with Crippen LogP contribution in [0.4, 0.5) is 4.79 Å². The van der Waals surface area contributed by atoms with Crippen molar-refractivity contribution in [3.05, 3.63) is 0 Å². The Hall–Kier alpha value is -0.770. The molecule has 0 spiro atoms. The van der Waals surface area contributed by atoms with Crippen LogP contribution in [0.1, 0.15) is 51.9 Å². The van der Waals surface area contributed by atoms with E-state index in [4.69, 9.17) is 4.74 Å². The van der Waals surface area contributed by atoms with Crippen LogP contribution in [0.25, 0.3) is 0 Å². The van der Waals surface area contributed by atoms with Crippen molar-refractivity contribution >= 4 is 6.09 Å². The Labute approximate surface area is 118 Å². The number of amides is 1. The topological polar surface area (TPSA) is 32.8 Å². The fraction of sp³-hybridized carbons (Fsp3) is 0.933. The van der Waals surface area contributed by atoms with E-state index in [9.17, 15) is 4.79 Å². The molecule has 0 bridgehead atoms. The highest BCUT2D eigenvalue weighted by Gasteiger charge is 2.20. The van der Waals surface area contributed by atoms with Gasteiger partial charge in [-0.2, -0.15) is 0 Å². The van der Waals surface area contributed by atoms with E-state index in [1.165, 1.54) is 58.6 Å². The summed E-state index contributed by atoms with van der Waals surface area (Å²) in [6.07, 6.45) is 9.33. The van der Waals surface area contributed by atoms with Crippen LogP contribution in [0.5, 0.6) is 0 Å². The highest BCUT2D eigenvalue weighted by atomic mass is 16.5. The summed E-state index contributed by atoms with van der Waals surface area (Å²) in [6.45, 7) is 7.04. The molecular weight excluding hydrogens is 240 g/mol. The lowest BCUT2D eigenvalue weighted by Gasteiger charge is -2.33. The second-order valence-electron chi connectivity index (χ2n) is 5.42.